The molecule has 0 spiro atoms. The summed E-state index contributed by atoms with van der Waals surface area (Å²) < 4.78 is 49.1. The van der Waals surface area contributed by atoms with Crippen LogP contribution in [-0.2, 0) is 17.5 Å². The molecule has 0 saturated carbocycles. The summed E-state index contributed by atoms with van der Waals surface area (Å²) in [6, 6.07) is 12.7. The third-order valence-corrected chi connectivity index (χ3v) is 7.26. The minimum Gasteiger partial charge on any atom is -0.379 e. The fourth-order valence-corrected chi connectivity index (χ4v) is 4.95. The number of nitrogens with zero attached hydrogens (tertiary/aromatic N) is 5. The molecule has 2 N–H and O–H groups in total. The highest BCUT2D eigenvalue weighted by Gasteiger charge is 2.34. The summed E-state index contributed by atoms with van der Waals surface area (Å²) in [6.07, 6.45) is 4.14. The van der Waals surface area contributed by atoms with E-state index < -0.39 is 17.6 Å². The summed E-state index contributed by atoms with van der Waals surface area (Å²) in [5, 5.41) is 5.92. The molecule has 0 atom stereocenters. The van der Waals surface area contributed by atoms with Crippen LogP contribution < -0.4 is 10.6 Å². The number of nitrogens with one attached hydrogen (secondary N) is 2. The molecule has 1 fully saturated rings. The number of alkyl halides is 3. The Morgan fingerprint density at radius 1 is 1.07 bits per heavy atom. The molecule has 220 valence electrons. The summed E-state index contributed by atoms with van der Waals surface area (Å²) in [4.78, 5) is 28.5. The number of aromatic nitrogens is 4. The Balaban J connectivity index is 1.25. The maximum atomic E-state index is 14.0. The van der Waals surface area contributed by atoms with Gasteiger partial charge in [-0.05, 0) is 54.4 Å². The number of benzene rings is 2. The highest BCUT2D eigenvalue weighted by molar-refractivity contribution is 6.05. The van der Waals surface area contributed by atoms with Gasteiger partial charge in [0.05, 0.1) is 24.5 Å². The van der Waals surface area contributed by atoms with Gasteiger partial charge in [-0.2, -0.15) is 13.2 Å². The second kappa shape index (κ2) is 11.8. The number of anilines is 3. The zero-order valence-corrected chi connectivity index (χ0v) is 23.2. The number of carbonyl (C=O) groups is 1. The zero-order chi connectivity index (χ0) is 30.0. The normalized spacial score (nSPS) is 14.1. The third kappa shape index (κ3) is 6.35. The van der Waals surface area contributed by atoms with Crippen molar-refractivity contribution in [3.63, 3.8) is 0 Å². The van der Waals surface area contributed by atoms with Gasteiger partial charge in [0.25, 0.3) is 5.91 Å². The minimum absolute atomic E-state index is 0.0584. The lowest BCUT2D eigenvalue weighted by Gasteiger charge is -2.27. The van der Waals surface area contributed by atoms with Crippen molar-refractivity contribution in [2.75, 3.05) is 36.9 Å². The average molecular weight is 588 g/mol. The molecule has 9 nitrogen and oxygen atoms in total. The van der Waals surface area contributed by atoms with Crippen LogP contribution in [0.5, 0.6) is 0 Å². The van der Waals surface area contributed by atoms with Gasteiger partial charge in [0, 0.05) is 73.1 Å². The molecule has 3 aromatic heterocycles. The molecule has 1 amide bonds. The summed E-state index contributed by atoms with van der Waals surface area (Å²) in [5.74, 6) is -0.0715. The van der Waals surface area contributed by atoms with E-state index in [0.717, 1.165) is 17.2 Å². The van der Waals surface area contributed by atoms with Crippen LogP contribution in [0.2, 0.25) is 0 Å². The van der Waals surface area contributed by atoms with Crippen LogP contribution in [0.3, 0.4) is 0 Å². The number of rotatable bonds is 7. The fraction of sp³-hybridized carbons (Fsp3) is 0.226. The molecule has 4 heterocycles. The maximum Gasteiger partial charge on any atom is 0.416 e. The number of carbonyl (C=O) groups excluding carboxylic acids is 1. The summed E-state index contributed by atoms with van der Waals surface area (Å²) in [7, 11) is 0. The number of fused-ring (bicyclic) bond motifs is 1. The molecule has 1 saturated heterocycles. The van der Waals surface area contributed by atoms with Crippen molar-refractivity contribution >= 4 is 28.7 Å². The fourth-order valence-electron chi connectivity index (χ4n) is 4.95. The zero-order valence-electron chi connectivity index (χ0n) is 23.2. The first-order valence-electron chi connectivity index (χ1n) is 13.7. The van der Waals surface area contributed by atoms with Gasteiger partial charge in [-0.1, -0.05) is 12.1 Å². The van der Waals surface area contributed by atoms with E-state index in [1.165, 1.54) is 12.1 Å². The Morgan fingerprint density at radius 2 is 1.91 bits per heavy atom. The van der Waals surface area contributed by atoms with E-state index in [2.05, 4.69) is 20.6 Å². The van der Waals surface area contributed by atoms with Gasteiger partial charge in [0.1, 0.15) is 0 Å². The van der Waals surface area contributed by atoms with Crippen LogP contribution in [0.1, 0.15) is 27.0 Å². The molecule has 0 bridgehead atoms. The van der Waals surface area contributed by atoms with E-state index >= 15 is 0 Å². The predicted octanol–water partition coefficient (Wildman–Crippen LogP) is 5.95. The Morgan fingerprint density at radius 3 is 2.67 bits per heavy atom. The van der Waals surface area contributed by atoms with Crippen molar-refractivity contribution in [1.29, 1.82) is 0 Å². The van der Waals surface area contributed by atoms with Crippen molar-refractivity contribution in [3.05, 3.63) is 102 Å². The van der Waals surface area contributed by atoms with E-state index in [9.17, 15) is 18.0 Å². The Labute approximate surface area is 245 Å². The van der Waals surface area contributed by atoms with Crippen molar-refractivity contribution < 1.29 is 22.7 Å². The maximum absolute atomic E-state index is 14.0. The molecule has 12 heteroatoms. The number of pyridine rings is 1. The van der Waals surface area contributed by atoms with E-state index in [-0.39, 0.29) is 23.4 Å². The molecule has 0 unspecified atom stereocenters. The number of halogens is 3. The molecule has 0 aliphatic carbocycles. The second-order valence-corrected chi connectivity index (χ2v) is 10.2. The molecule has 5 aromatic rings. The van der Waals surface area contributed by atoms with E-state index in [1.54, 1.807) is 43.0 Å². The Kier molecular flexibility index (Phi) is 7.78. The first-order chi connectivity index (χ1) is 20.7. The smallest absolute Gasteiger partial charge is 0.379 e. The van der Waals surface area contributed by atoms with Gasteiger partial charge in [-0.15, -0.1) is 0 Å². The molecule has 0 radical (unpaired) electrons. The molecule has 2 aromatic carbocycles. The highest BCUT2D eigenvalue weighted by Crippen LogP contribution is 2.35. The monoisotopic (exact) mass is 587 g/mol. The number of amides is 1. The van der Waals surface area contributed by atoms with Gasteiger partial charge in [-0.3, -0.25) is 14.7 Å². The molecule has 6 rings (SSSR count). The number of hydrogen-bond donors (Lipinski definition) is 2. The van der Waals surface area contributed by atoms with Crippen LogP contribution in [0.4, 0.5) is 30.4 Å². The van der Waals surface area contributed by atoms with Crippen molar-refractivity contribution in [3.8, 4) is 11.3 Å². The van der Waals surface area contributed by atoms with Crippen LogP contribution in [0, 0.1) is 6.92 Å². The molecular weight excluding hydrogens is 559 g/mol. The van der Waals surface area contributed by atoms with Crippen LogP contribution in [0.15, 0.2) is 79.5 Å². The highest BCUT2D eigenvalue weighted by atomic mass is 19.4. The summed E-state index contributed by atoms with van der Waals surface area (Å²) >= 11 is 0. The van der Waals surface area contributed by atoms with Gasteiger partial charge in [-0.25, -0.2) is 9.97 Å². The molecule has 1 aliphatic rings. The number of imidazole rings is 1. The van der Waals surface area contributed by atoms with Gasteiger partial charge in [0.2, 0.25) is 0 Å². The second-order valence-electron chi connectivity index (χ2n) is 10.2. The van der Waals surface area contributed by atoms with Crippen LogP contribution in [0.25, 0.3) is 16.9 Å². The number of morpholine rings is 1. The first-order valence-corrected chi connectivity index (χ1v) is 13.7. The van der Waals surface area contributed by atoms with Crippen LogP contribution >= 0.6 is 0 Å². The van der Waals surface area contributed by atoms with Gasteiger partial charge >= 0.3 is 6.18 Å². The number of hydrogen-bond acceptors (Lipinski definition) is 7. The number of ether oxygens (including phenoxy) is 1. The molecular formula is C31H28F3N7O2. The Hall–Kier alpha value is -4.81. The van der Waals surface area contributed by atoms with Crippen molar-refractivity contribution in [1.82, 2.24) is 24.3 Å². The molecule has 1 aliphatic heterocycles. The van der Waals surface area contributed by atoms with E-state index in [0.29, 0.717) is 49.1 Å². The van der Waals surface area contributed by atoms with Crippen molar-refractivity contribution in [2.24, 2.45) is 0 Å². The van der Waals surface area contributed by atoms with Gasteiger partial charge < -0.3 is 19.8 Å². The topological polar surface area (TPSA) is 96.7 Å². The standard InChI is InChI=1S/C31H28F3N7O2/c1-20-4-5-21(15-26(20)38-28-29-36-9-10-41(29)19-27(39-28)22-3-2-8-35-17-22)30(42)37-24-7-6-23(25(16-24)31(32,33)34)18-40-11-13-43-14-12-40/h2-10,15-17,19H,11-14,18H2,1H3,(H,37,42)(H,38,39). The van der Waals surface area contributed by atoms with Crippen LogP contribution in [-0.4, -0.2) is 56.5 Å². The largest absolute Gasteiger partial charge is 0.416 e. The molecule has 43 heavy (non-hydrogen) atoms. The van der Waals surface area contributed by atoms with Crippen molar-refractivity contribution in [2.45, 2.75) is 19.6 Å². The third-order valence-electron chi connectivity index (χ3n) is 7.26. The quantitative estimate of drug-likeness (QED) is 0.243. The van der Waals surface area contributed by atoms with E-state index in [1.807, 2.05) is 34.6 Å². The SMILES string of the molecule is Cc1ccc(C(=O)Nc2ccc(CN3CCOCC3)c(C(F)(F)F)c2)cc1Nc1nc(-c2cccnc2)cn2ccnc12. The lowest BCUT2D eigenvalue weighted by atomic mass is 10.0. The average Bonchev–Trinajstić information content (AvgIpc) is 3.49. The lowest BCUT2D eigenvalue weighted by Crippen LogP contribution is -2.36. The predicted molar refractivity (Wildman–Crippen MR) is 156 cm³/mol. The first kappa shape index (κ1) is 28.3. The van der Waals surface area contributed by atoms with E-state index in [4.69, 9.17) is 9.72 Å². The lowest BCUT2D eigenvalue weighted by molar-refractivity contribution is -0.138. The summed E-state index contributed by atoms with van der Waals surface area (Å²) in [6.45, 7) is 4.13. The number of aryl methyl sites for hydroxylation is 1. The minimum atomic E-state index is -4.57. The Bertz CT molecular complexity index is 1770. The van der Waals surface area contributed by atoms with Gasteiger partial charge in [0.15, 0.2) is 11.5 Å². The summed E-state index contributed by atoms with van der Waals surface area (Å²) in [5.41, 5.74) is 3.22.